The largest absolute Gasteiger partial charge is 0.363 e. The number of nitrogens with two attached hydrogens (primary N) is 1. The highest BCUT2D eigenvalue weighted by Gasteiger charge is 2.30. The molecule has 2 aromatic rings. The second-order valence-electron chi connectivity index (χ2n) is 4.80. The van der Waals surface area contributed by atoms with E-state index in [2.05, 4.69) is 5.43 Å². The van der Waals surface area contributed by atoms with Gasteiger partial charge in [0.25, 0.3) is 11.5 Å². The first-order chi connectivity index (χ1) is 9.69. The first-order valence-corrected chi connectivity index (χ1v) is 7.29. The minimum absolute atomic E-state index is 0.0147. The van der Waals surface area contributed by atoms with E-state index in [1.165, 1.54) is 0 Å². The Hall–Kier alpha value is -1.70. The average molecular weight is 293 g/mol. The number of hydrazine groups is 1. The Morgan fingerprint density at radius 3 is 3.15 bits per heavy atom. The Balaban J connectivity index is 1.76. The fourth-order valence-electron chi connectivity index (χ4n) is 2.50. The Labute approximate surface area is 119 Å². The fourth-order valence-corrected chi connectivity index (χ4v) is 3.27. The maximum Gasteiger partial charge on any atom is 0.263 e. The van der Waals surface area contributed by atoms with Crippen LogP contribution in [0.25, 0.3) is 10.1 Å². The van der Waals surface area contributed by atoms with E-state index in [0.717, 1.165) is 16.5 Å². The number of carbonyl (C=O) groups excluding carboxylic acids is 1. The average Bonchev–Trinajstić information content (AvgIpc) is 3.10. The molecule has 1 saturated heterocycles. The van der Waals surface area contributed by atoms with Crippen LogP contribution in [0.5, 0.6) is 0 Å². The molecule has 0 aromatic carbocycles. The lowest BCUT2D eigenvalue weighted by Gasteiger charge is -2.14. The first-order valence-electron chi connectivity index (χ1n) is 6.41. The number of carbonyl (C=O) groups is 1. The topological polar surface area (TPSA) is 86.4 Å². The molecule has 3 rings (SSSR count). The van der Waals surface area contributed by atoms with E-state index in [4.69, 9.17) is 10.6 Å². The lowest BCUT2D eigenvalue weighted by molar-refractivity contribution is -0.132. The first kappa shape index (κ1) is 13.3. The number of aromatic nitrogens is 1. The van der Waals surface area contributed by atoms with Crippen molar-refractivity contribution in [3.63, 3.8) is 0 Å². The molecule has 106 valence electrons. The molecule has 0 bridgehead atoms. The summed E-state index contributed by atoms with van der Waals surface area (Å²) in [5, 5.41) is 2.64. The van der Waals surface area contributed by atoms with Gasteiger partial charge in [0, 0.05) is 10.9 Å². The minimum atomic E-state index is -0.509. The molecule has 0 saturated carbocycles. The molecular formula is C13H15N3O3S. The van der Waals surface area contributed by atoms with Crippen LogP contribution in [0.15, 0.2) is 28.5 Å². The number of thiophene rings is 1. The van der Waals surface area contributed by atoms with E-state index in [1.54, 1.807) is 22.1 Å². The number of rotatable bonds is 3. The van der Waals surface area contributed by atoms with Crippen LogP contribution in [0.1, 0.15) is 12.8 Å². The molecular weight excluding hydrogens is 278 g/mol. The van der Waals surface area contributed by atoms with Crippen molar-refractivity contribution in [1.82, 2.24) is 9.99 Å². The van der Waals surface area contributed by atoms with Gasteiger partial charge in [0.15, 0.2) is 0 Å². The number of hydrogen-bond acceptors (Lipinski definition) is 5. The quantitative estimate of drug-likeness (QED) is 0.493. The Kier molecular flexibility index (Phi) is 3.56. The fraction of sp³-hybridized carbons (Fsp3) is 0.385. The summed E-state index contributed by atoms with van der Waals surface area (Å²) in [7, 11) is 0. The third kappa shape index (κ3) is 2.35. The van der Waals surface area contributed by atoms with Crippen molar-refractivity contribution in [2.75, 3.05) is 0 Å². The maximum absolute atomic E-state index is 12.3. The van der Waals surface area contributed by atoms with Gasteiger partial charge in [-0.1, -0.05) is 0 Å². The summed E-state index contributed by atoms with van der Waals surface area (Å²) in [6.07, 6.45) is 2.51. The van der Waals surface area contributed by atoms with Crippen LogP contribution in [0, 0.1) is 0 Å². The predicted octanol–water partition coefficient (Wildman–Crippen LogP) is 0.601. The van der Waals surface area contributed by atoms with Crippen LogP contribution in [0.2, 0.25) is 0 Å². The van der Waals surface area contributed by atoms with Crippen LogP contribution in [-0.2, 0) is 16.1 Å². The molecule has 7 heteroatoms. The van der Waals surface area contributed by atoms with E-state index in [-0.39, 0.29) is 17.6 Å². The summed E-state index contributed by atoms with van der Waals surface area (Å²) in [5.41, 5.74) is 2.08. The molecule has 1 aliphatic heterocycles. The number of nitrogens with zero attached hydrogens (tertiary/aromatic N) is 1. The zero-order chi connectivity index (χ0) is 14.1. The summed E-state index contributed by atoms with van der Waals surface area (Å²) >= 11 is 1.55. The summed E-state index contributed by atoms with van der Waals surface area (Å²) in [5.74, 6) is 4.78. The van der Waals surface area contributed by atoms with Gasteiger partial charge in [-0.05, 0) is 30.4 Å². The molecule has 2 aromatic heterocycles. The van der Waals surface area contributed by atoms with Crippen molar-refractivity contribution in [3.05, 3.63) is 34.1 Å². The monoisotopic (exact) mass is 293 g/mol. The minimum Gasteiger partial charge on any atom is -0.363 e. The molecule has 1 aliphatic rings. The van der Waals surface area contributed by atoms with Crippen molar-refractivity contribution in [3.8, 4) is 0 Å². The van der Waals surface area contributed by atoms with Gasteiger partial charge >= 0.3 is 0 Å². The number of pyridine rings is 1. The number of amides is 1. The van der Waals surface area contributed by atoms with Crippen molar-refractivity contribution in [1.29, 1.82) is 0 Å². The summed E-state index contributed by atoms with van der Waals surface area (Å²) < 4.78 is 8.24. The molecule has 3 heterocycles. The molecule has 2 unspecified atom stereocenters. The Morgan fingerprint density at radius 1 is 1.50 bits per heavy atom. The van der Waals surface area contributed by atoms with Gasteiger partial charge in [-0.15, -0.1) is 11.3 Å². The Bertz CT molecular complexity index is 693. The van der Waals surface area contributed by atoms with E-state index in [1.807, 2.05) is 17.5 Å². The van der Waals surface area contributed by atoms with Gasteiger partial charge in [0.05, 0.1) is 18.0 Å². The number of nitrogens with one attached hydrogen (secondary N) is 1. The normalized spacial score (nSPS) is 22.2. The van der Waals surface area contributed by atoms with Crippen molar-refractivity contribution < 1.29 is 9.53 Å². The molecule has 3 N–H and O–H groups in total. The molecule has 1 amide bonds. The van der Waals surface area contributed by atoms with E-state index in [9.17, 15) is 9.59 Å². The van der Waals surface area contributed by atoms with Gasteiger partial charge in [-0.25, -0.2) is 5.84 Å². The van der Waals surface area contributed by atoms with Crippen LogP contribution < -0.4 is 16.8 Å². The lowest BCUT2D eigenvalue weighted by Crippen LogP contribution is -2.39. The van der Waals surface area contributed by atoms with Crippen molar-refractivity contribution in [2.24, 2.45) is 5.84 Å². The van der Waals surface area contributed by atoms with Crippen molar-refractivity contribution in [2.45, 2.75) is 31.6 Å². The third-order valence-electron chi connectivity index (χ3n) is 3.53. The number of fused-ring (bicyclic) bond motifs is 1. The van der Waals surface area contributed by atoms with Gasteiger partial charge in [-0.3, -0.25) is 15.0 Å². The third-order valence-corrected chi connectivity index (χ3v) is 4.42. The zero-order valence-electron chi connectivity index (χ0n) is 10.7. The second kappa shape index (κ2) is 5.35. The Morgan fingerprint density at radius 2 is 2.35 bits per heavy atom. The van der Waals surface area contributed by atoms with E-state index < -0.39 is 6.10 Å². The molecule has 1 fully saturated rings. The molecule has 0 aliphatic carbocycles. The standard InChI is InChI=1S/C13H15N3O3S/c14-15-12(17)10-2-1-8(19-10)7-16-5-3-11-9(13(16)18)4-6-20-11/h3-6,8,10H,1-2,7,14H2,(H,15,17). The van der Waals surface area contributed by atoms with Crippen LogP contribution in [0.4, 0.5) is 0 Å². The highest BCUT2D eigenvalue weighted by Crippen LogP contribution is 2.21. The molecule has 20 heavy (non-hydrogen) atoms. The van der Waals surface area contributed by atoms with Crippen molar-refractivity contribution >= 4 is 27.3 Å². The summed E-state index contributed by atoms with van der Waals surface area (Å²) in [6.45, 7) is 0.457. The molecule has 0 spiro atoms. The highest BCUT2D eigenvalue weighted by atomic mass is 32.1. The van der Waals surface area contributed by atoms with Gasteiger partial charge in [0.1, 0.15) is 6.10 Å². The van der Waals surface area contributed by atoms with E-state index >= 15 is 0 Å². The van der Waals surface area contributed by atoms with Gasteiger partial charge in [0.2, 0.25) is 0 Å². The molecule has 0 radical (unpaired) electrons. The summed E-state index contributed by atoms with van der Waals surface area (Å²) in [4.78, 5) is 23.7. The lowest BCUT2D eigenvalue weighted by atomic mass is 10.2. The molecule has 2 atom stereocenters. The number of ether oxygens (including phenoxy) is 1. The highest BCUT2D eigenvalue weighted by molar-refractivity contribution is 7.17. The smallest absolute Gasteiger partial charge is 0.263 e. The van der Waals surface area contributed by atoms with E-state index in [0.29, 0.717) is 13.0 Å². The predicted molar refractivity (Wildman–Crippen MR) is 76.3 cm³/mol. The van der Waals surface area contributed by atoms with Gasteiger partial charge < -0.3 is 9.30 Å². The van der Waals surface area contributed by atoms with Crippen LogP contribution in [-0.4, -0.2) is 22.7 Å². The SMILES string of the molecule is NNC(=O)C1CCC(Cn2ccc3sccc3c2=O)O1. The summed E-state index contributed by atoms with van der Waals surface area (Å²) in [6, 6.07) is 3.76. The number of hydrogen-bond donors (Lipinski definition) is 2. The zero-order valence-corrected chi connectivity index (χ0v) is 11.6. The van der Waals surface area contributed by atoms with Gasteiger partial charge in [-0.2, -0.15) is 0 Å². The molecule has 6 nitrogen and oxygen atoms in total. The van der Waals surface area contributed by atoms with Crippen LogP contribution in [0.3, 0.4) is 0 Å². The van der Waals surface area contributed by atoms with Crippen LogP contribution >= 0.6 is 11.3 Å². The second-order valence-corrected chi connectivity index (χ2v) is 5.75. The maximum atomic E-state index is 12.3.